The van der Waals surface area contributed by atoms with E-state index in [1.165, 1.54) is 11.3 Å². The fraction of sp³-hybridized carbons (Fsp3) is 0.333. The summed E-state index contributed by atoms with van der Waals surface area (Å²) in [6, 6.07) is 11.1. The van der Waals surface area contributed by atoms with Crippen molar-refractivity contribution in [2.24, 2.45) is 0 Å². The molecular formula is C21H24N6O4S. The zero-order valence-corrected chi connectivity index (χ0v) is 18.4. The van der Waals surface area contributed by atoms with Crippen molar-refractivity contribution in [2.75, 3.05) is 37.0 Å². The summed E-state index contributed by atoms with van der Waals surface area (Å²) in [7, 11) is 1.56. The average molecular weight is 457 g/mol. The minimum atomic E-state index is -0.295. The van der Waals surface area contributed by atoms with Gasteiger partial charge in [-0.3, -0.25) is 5.32 Å². The summed E-state index contributed by atoms with van der Waals surface area (Å²) in [4.78, 5) is 28.2. The highest BCUT2D eigenvalue weighted by molar-refractivity contribution is 7.15. The molecule has 0 saturated heterocycles. The SMILES string of the molecule is CNC(=O)Nc1nc2c(s1)CN(c1cc(Oc3ccccc3)nc(OCCCO)n1)CC2. The van der Waals surface area contributed by atoms with Crippen LogP contribution >= 0.6 is 11.3 Å². The number of aliphatic hydroxyl groups excluding tert-OH is 1. The molecule has 2 aromatic heterocycles. The van der Waals surface area contributed by atoms with E-state index in [1.54, 1.807) is 13.1 Å². The first-order chi connectivity index (χ1) is 15.6. The highest BCUT2D eigenvalue weighted by Gasteiger charge is 2.23. The van der Waals surface area contributed by atoms with E-state index in [1.807, 2.05) is 30.3 Å². The minimum Gasteiger partial charge on any atom is -0.463 e. The Hall–Kier alpha value is -3.44. The summed E-state index contributed by atoms with van der Waals surface area (Å²) in [5.41, 5.74) is 0.979. The fourth-order valence-corrected chi connectivity index (χ4v) is 4.13. The van der Waals surface area contributed by atoms with Crippen LogP contribution in [0.4, 0.5) is 15.7 Å². The van der Waals surface area contributed by atoms with E-state index in [4.69, 9.17) is 14.6 Å². The predicted molar refractivity (Wildman–Crippen MR) is 121 cm³/mol. The van der Waals surface area contributed by atoms with Gasteiger partial charge in [-0.1, -0.05) is 29.5 Å². The number of ether oxygens (including phenoxy) is 2. The first kappa shape index (κ1) is 21.8. The summed E-state index contributed by atoms with van der Waals surface area (Å²) < 4.78 is 11.5. The molecule has 1 aliphatic heterocycles. The maximum atomic E-state index is 11.6. The number of aliphatic hydroxyl groups is 1. The number of nitrogens with zero attached hydrogens (tertiary/aromatic N) is 4. The number of anilines is 2. The van der Waals surface area contributed by atoms with Gasteiger partial charge in [0.1, 0.15) is 11.6 Å². The number of hydrogen-bond acceptors (Lipinski definition) is 9. The number of carbonyl (C=O) groups is 1. The van der Waals surface area contributed by atoms with Crippen molar-refractivity contribution in [3.8, 4) is 17.6 Å². The van der Waals surface area contributed by atoms with Gasteiger partial charge in [-0.25, -0.2) is 9.78 Å². The summed E-state index contributed by atoms with van der Waals surface area (Å²) in [5, 5.41) is 14.9. The second-order valence-electron chi connectivity index (χ2n) is 6.95. The number of carbonyl (C=O) groups excluding carboxylic acids is 1. The number of nitrogens with one attached hydrogen (secondary N) is 2. The molecule has 4 rings (SSSR count). The number of aromatic nitrogens is 3. The van der Waals surface area contributed by atoms with Crippen molar-refractivity contribution < 1.29 is 19.4 Å². The lowest BCUT2D eigenvalue weighted by atomic mass is 10.2. The quantitative estimate of drug-likeness (QED) is 0.443. The van der Waals surface area contributed by atoms with E-state index in [9.17, 15) is 4.79 Å². The van der Waals surface area contributed by atoms with Crippen LogP contribution < -0.4 is 25.0 Å². The lowest BCUT2D eigenvalue weighted by Crippen LogP contribution is -2.30. The fourth-order valence-electron chi connectivity index (χ4n) is 3.11. The molecule has 32 heavy (non-hydrogen) atoms. The van der Waals surface area contributed by atoms with Crippen molar-refractivity contribution in [2.45, 2.75) is 19.4 Å². The number of para-hydroxylation sites is 1. The topological polar surface area (TPSA) is 122 Å². The van der Waals surface area contributed by atoms with Crippen LogP contribution in [0.5, 0.6) is 17.6 Å². The Morgan fingerprint density at radius 2 is 2.09 bits per heavy atom. The van der Waals surface area contributed by atoms with Gasteiger partial charge in [0.15, 0.2) is 5.13 Å². The first-order valence-corrected chi connectivity index (χ1v) is 11.0. The third kappa shape index (κ3) is 5.42. The number of rotatable bonds is 8. The lowest BCUT2D eigenvalue weighted by molar-refractivity contribution is 0.223. The predicted octanol–water partition coefficient (Wildman–Crippen LogP) is 2.80. The molecule has 168 valence electrons. The van der Waals surface area contributed by atoms with Gasteiger partial charge in [0.25, 0.3) is 0 Å². The summed E-state index contributed by atoms with van der Waals surface area (Å²) in [6.45, 7) is 1.63. The molecule has 0 bridgehead atoms. The Labute approximate surface area is 189 Å². The molecule has 0 fully saturated rings. The van der Waals surface area contributed by atoms with Gasteiger partial charge < -0.3 is 24.8 Å². The Bertz CT molecular complexity index is 1060. The van der Waals surface area contributed by atoms with Crippen LogP contribution in [0.1, 0.15) is 17.0 Å². The molecule has 2 amide bonds. The molecule has 3 N–H and O–H groups in total. The second-order valence-corrected chi connectivity index (χ2v) is 8.04. The van der Waals surface area contributed by atoms with Gasteiger partial charge in [0.05, 0.1) is 18.8 Å². The number of amides is 2. The summed E-state index contributed by atoms with van der Waals surface area (Å²) >= 11 is 1.45. The maximum absolute atomic E-state index is 11.6. The Balaban J connectivity index is 1.55. The van der Waals surface area contributed by atoms with Crippen molar-refractivity contribution >= 4 is 28.3 Å². The lowest BCUT2D eigenvalue weighted by Gasteiger charge is -2.27. The molecule has 3 aromatic rings. The van der Waals surface area contributed by atoms with Gasteiger partial charge in [0.2, 0.25) is 5.88 Å². The van der Waals surface area contributed by atoms with Gasteiger partial charge in [-0.2, -0.15) is 9.97 Å². The molecule has 1 aromatic carbocycles. The summed E-state index contributed by atoms with van der Waals surface area (Å²) in [6.07, 6.45) is 1.21. The maximum Gasteiger partial charge on any atom is 0.321 e. The first-order valence-electron chi connectivity index (χ1n) is 10.2. The van der Waals surface area contributed by atoms with E-state index >= 15 is 0 Å². The van der Waals surface area contributed by atoms with E-state index in [0.29, 0.717) is 48.7 Å². The molecule has 0 saturated carbocycles. The molecule has 0 aliphatic carbocycles. The van der Waals surface area contributed by atoms with E-state index in [0.717, 1.165) is 17.0 Å². The zero-order valence-electron chi connectivity index (χ0n) is 17.6. The molecule has 11 heteroatoms. The van der Waals surface area contributed by atoms with Crippen LogP contribution in [0.2, 0.25) is 0 Å². The average Bonchev–Trinajstić information content (AvgIpc) is 3.21. The number of thiazole rings is 1. The van der Waals surface area contributed by atoms with Gasteiger partial charge in [-0.15, -0.1) is 0 Å². The largest absolute Gasteiger partial charge is 0.463 e. The normalized spacial score (nSPS) is 12.8. The zero-order chi connectivity index (χ0) is 22.3. The highest BCUT2D eigenvalue weighted by Crippen LogP contribution is 2.32. The number of fused-ring (bicyclic) bond motifs is 1. The number of hydrogen-bond donors (Lipinski definition) is 3. The third-order valence-corrected chi connectivity index (χ3v) is 5.67. The Morgan fingerprint density at radius 1 is 1.25 bits per heavy atom. The number of benzene rings is 1. The molecule has 0 unspecified atom stereocenters. The van der Waals surface area contributed by atoms with Crippen LogP contribution in [0.3, 0.4) is 0 Å². The van der Waals surface area contributed by atoms with Crippen molar-refractivity contribution in [1.82, 2.24) is 20.3 Å². The van der Waals surface area contributed by atoms with Gasteiger partial charge in [0, 0.05) is 44.0 Å². The highest BCUT2D eigenvalue weighted by atomic mass is 32.1. The van der Waals surface area contributed by atoms with Crippen LogP contribution in [0.15, 0.2) is 36.4 Å². The van der Waals surface area contributed by atoms with Crippen molar-refractivity contribution in [3.05, 3.63) is 47.0 Å². The second kappa shape index (κ2) is 10.2. The summed E-state index contributed by atoms with van der Waals surface area (Å²) in [5.74, 6) is 1.70. The van der Waals surface area contributed by atoms with Crippen LogP contribution in [0, 0.1) is 0 Å². The van der Waals surface area contributed by atoms with Gasteiger partial charge >= 0.3 is 12.0 Å². The van der Waals surface area contributed by atoms with Crippen LogP contribution in [-0.4, -0.2) is 52.9 Å². The molecule has 1 aliphatic rings. The monoisotopic (exact) mass is 456 g/mol. The van der Waals surface area contributed by atoms with Gasteiger partial charge in [-0.05, 0) is 12.1 Å². The molecule has 0 atom stereocenters. The molecule has 10 nitrogen and oxygen atoms in total. The van der Waals surface area contributed by atoms with E-state index < -0.39 is 0 Å². The Morgan fingerprint density at radius 3 is 2.88 bits per heavy atom. The van der Waals surface area contributed by atoms with Crippen molar-refractivity contribution in [1.29, 1.82) is 0 Å². The molecule has 0 spiro atoms. The minimum absolute atomic E-state index is 0.0275. The molecular weight excluding hydrogens is 432 g/mol. The standard InChI is InChI=1S/C21H24N6O4S/c1-22-19(29)26-21-23-15-8-9-27(13-16(15)32-21)17-12-18(31-14-6-3-2-4-7-14)25-20(24-17)30-11-5-10-28/h2-4,6-7,12,28H,5,8-11,13H2,1H3,(H2,22,23,26,29). The Kier molecular flexibility index (Phi) is 6.97. The van der Waals surface area contributed by atoms with Crippen LogP contribution in [0.25, 0.3) is 0 Å². The molecule has 0 radical (unpaired) electrons. The molecule has 3 heterocycles. The number of urea groups is 1. The van der Waals surface area contributed by atoms with E-state index in [-0.39, 0.29) is 18.6 Å². The van der Waals surface area contributed by atoms with Crippen molar-refractivity contribution in [3.63, 3.8) is 0 Å². The van der Waals surface area contributed by atoms with E-state index in [2.05, 4.69) is 30.5 Å². The smallest absolute Gasteiger partial charge is 0.321 e. The third-order valence-electron chi connectivity index (χ3n) is 4.67. The van der Waals surface area contributed by atoms with Crippen LogP contribution in [-0.2, 0) is 13.0 Å².